The maximum absolute atomic E-state index is 10.8. The molecule has 0 aliphatic heterocycles. The molecule has 6 N–H and O–H groups in total. The second-order valence-corrected chi connectivity index (χ2v) is 13.1. The number of aliphatic hydroxyl groups is 2. The first-order valence-corrected chi connectivity index (χ1v) is 17.5. The van der Waals surface area contributed by atoms with Crippen LogP contribution in [0.3, 0.4) is 0 Å². The Labute approximate surface area is 315 Å². The molecule has 0 saturated carbocycles. The lowest BCUT2D eigenvalue weighted by molar-refractivity contribution is -0.140. The Balaban J connectivity index is 1.43. The van der Waals surface area contributed by atoms with E-state index >= 15 is 0 Å². The molecule has 0 spiro atoms. The lowest BCUT2D eigenvalue weighted by Gasteiger charge is -2.18. The number of carboxylic acid groups (broad SMARTS) is 2. The zero-order valence-electron chi connectivity index (χ0n) is 31.6. The number of benzene rings is 2. The molecule has 54 heavy (non-hydrogen) atoms. The average molecular weight is 747 g/mol. The van der Waals surface area contributed by atoms with Crippen LogP contribution in [0.15, 0.2) is 48.5 Å². The Bertz CT molecular complexity index is 1780. The van der Waals surface area contributed by atoms with E-state index < -0.39 is 24.1 Å². The minimum Gasteiger partial charge on any atom is -0.481 e. The van der Waals surface area contributed by atoms with Crippen molar-refractivity contribution in [3.63, 3.8) is 0 Å². The fourth-order valence-corrected chi connectivity index (χ4v) is 6.02. The number of nitrogens with one attached hydrogen (secondary N) is 2. The van der Waals surface area contributed by atoms with Gasteiger partial charge < -0.3 is 50.0 Å². The number of carboxylic acids is 2. The van der Waals surface area contributed by atoms with E-state index in [1.165, 1.54) is 14.2 Å². The van der Waals surface area contributed by atoms with Gasteiger partial charge >= 0.3 is 11.9 Å². The smallest absolute Gasteiger partial charge is 0.306 e. The van der Waals surface area contributed by atoms with E-state index in [1.807, 2.05) is 50.2 Å². The van der Waals surface area contributed by atoms with Gasteiger partial charge in [-0.1, -0.05) is 36.4 Å². The van der Waals surface area contributed by atoms with Gasteiger partial charge in [0, 0.05) is 48.4 Å². The van der Waals surface area contributed by atoms with Crippen LogP contribution in [0.5, 0.6) is 23.5 Å². The summed E-state index contributed by atoms with van der Waals surface area (Å²) in [5.41, 5.74) is 9.34. The molecule has 0 bridgehead atoms. The Morgan fingerprint density at radius 2 is 1.02 bits per heavy atom. The molecule has 0 aliphatic carbocycles. The first-order chi connectivity index (χ1) is 25.8. The van der Waals surface area contributed by atoms with Gasteiger partial charge in [-0.3, -0.25) is 9.59 Å². The van der Waals surface area contributed by atoms with E-state index in [4.69, 9.17) is 29.2 Å². The number of aromatic nitrogens is 2. The molecule has 2 atom stereocenters. The molecule has 0 aliphatic rings. The Kier molecular flexibility index (Phi) is 15.1. The number of methoxy groups -OCH3 is 2. The molecule has 2 unspecified atom stereocenters. The molecule has 0 saturated heterocycles. The molecular formula is C40H50N4O10. The normalized spacial score (nSPS) is 12.2. The van der Waals surface area contributed by atoms with E-state index in [0.717, 1.165) is 55.6 Å². The van der Waals surface area contributed by atoms with Crippen molar-refractivity contribution >= 4 is 11.9 Å². The van der Waals surface area contributed by atoms with Gasteiger partial charge in [0.15, 0.2) is 0 Å². The highest BCUT2D eigenvalue weighted by Gasteiger charge is 2.17. The summed E-state index contributed by atoms with van der Waals surface area (Å²) >= 11 is 0. The molecule has 290 valence electrons. The third-order valence-corrected chi connectivity index (χ3v) is 8.92. The van der Waals surface area contributed by atoms with E-state index in [1.54, 1.807) is 0 Å². The first kappa shape index (κ1) is 41.5. The van der Waals surface area contributed by atoms with Gasteiger partial charge in [0.2, 0.25) is 23.5 Å². The molecule has 0 fully saturated rings. The molecule has 4 aromatic rings. The lowest BCUT2D eigenvalue weighted by atomic mass is 9.92. The third-order valence-electron chi connectivity index (χ3n) is 8.92. The van der Waals surface area contributed by atoms with Crippen molar-refractivity contribution in [1.82, 2.24) is 20.6 Å². The number of ether oxygens (including phenoxy) is 4. The second-order valence-electron chi connectivity index (χ2n) is 13.1. The fourth-order valence-electron chi connectivity index (χ4n) is 6.02. The van der Waals surface area contributed by atoms with Crippen LogP contribution in [-0.4, -0.2) is 81.8 Å². The first-order valence-electron chi connectivity index (χ1n) is 17.5. The summed E-state index contributed by atoms with van der Waals surface area (Å²) in [5, 5.41) is 43.5. The summed E-state index contributed by atoms with van der Waals surface area (Å²) in [6.07, 6.45) is -2.69. The van der Waals surface area contributed by atoms with Gasteiger partial charge in [-0.25, -0.2) is 0 Å². The number of aliphatic hydroxyl groups excluding tert-OH is 2. The van der Waals surface area contributed by atoms with Gasteiger partial charge in [-0.05, 0) is 73.2 Å². The minimum atomic E-state index is -1.06. The number of aliphatic carboxylic acids is 2. The highest BCUT2D eigenvalue weighted by atomic mass is 16.5. The summed E-state index contributed by atoms with van der Waals surface area (Å²) in [6.45, 7) is 9.36. The molecule has 2 aromatic heterocycles. The van der Waals surface area contributed by atoms with Crippen molar-refractivity contribution in [3.8, 4) is 34.6 Å². The summed E-state index contributed by atoms with van der Waals surface area (Å²) < 4.78 is 23.4. The van der Waals surface area contributed by atoms with Crippen LogP contribution in [0.4, 0.5) is 0 Å². The Hall–Kier alpha value is -5.28. The van der Waals surface area contributed by atoms with Crippen molar-refractivity contribution in [2.45, 2.75) is 79.0 Å². The van der Waals surface area contributed by atoms with E-state index in [0.29, 0.717) is 36.6 Å². The van der Waals surface area contributed by atoms with Crippen LogP contribution in [-0.2, 0) is 35.9 Å². The van der Waals surface area contributed by atoms with Crippen LogP contribution in [0.25, 0.3) is 11.1 Å². The van der Waals surface area contributed by atoms with Gasteiger partial charge in [0.1, 0.15) is 13.2 Å². The van der Waals surface area contributed by atoms with Crippen molar-refractivity contribution < 1.29 is 49.0 Å². The van der Waals surface area contributed by atoms with Crippen molar-refractivity contribution in [2.24, 2.45) is 0 Å². The largest absolute Gasteiger partial charge is 0.481 e. The van der Waals surface area contributed by atoms with Crippen LogP contribution in [0.1, 0.15) is 57.3 Å². The predicted octanol–water partition coefficient (Wildman–Crippen LogP) is 4.40. The molecule has 4 rings (SSSR count). The maximum atomic E-state index is 10.8. The second kappa shape index (κ2) is 19.7. The Morgan fingerprint density at radius 3 is 1.37 bits per heavy atom. The van der Waals surface area contributed by atoms with E-state index in [2.05, 4.69) is 46.6 Å². The quantitative estimate of drug-likeness (QED) is 0.0701. The fraction of sp³-hybridized carbons (Fsp3) is 0.400. The maximum Gasteiger partial charge on any atom is 0.306 e. The van der Waals surface area contributed by atoms with E-state index in [-0.39, 0.29) is 39.1 Å². The number of nitrogens with zero attached hydrogens (tertiary/aromatic N) is 2. The SMILES string of the molecule is COc1nc(OCc2cccc(-c3cccc(COc4nc(OC)c(CNCC(O)CC(=O)O)cc4C)c3C)c2C)c(C)cc1CNCC(O)CC(=O)O. The van der Waals surface area contributed by atoms with Crippen LogP contribution < -0.4 is 29.6 Å². The van der Waals surface area contributed by atoms with Gasteiger partial charge in [0.25, 0.3) is 0 Å². The van der Waals surface area contributed by atoms with Crippen LogP contribution in [0, 0.1) is 27.7 Å². The Morgan fingerprint density at radius 1 is 0.630 bits per heavy atom. The zero-order chi connectivity index (χ0) is 39.4. The van der Waals surface area contributed by atoms with Gasteiger partial charge in [-0.2, -0.15) is 9.97 Å². The highest BCUT2D eigenvalue weighted by molar-refractivity contribution is 5.72. The summed E-state index contributed by atoms with van der Waals surface area (Å²) in [6, 6.07) is 16.0. The number of hydrogen-bond donors (Lipinski definition) is 6. The molecule has 14 nitrogen and oxygen atoms in total. The molecule has 2 heterocycles. The highest BCUT2D eigenvalue weighted by Crippen LogP contribution is 2.32. The third kappa shape index (κ3) is 11.4. The lowest BCUT2D eigenvalue weighted by Crippen LogP contribution is -2.28. The molecule has 0 radical (unpaired) electrons. The number of aryl methyl sites for hydroxylation is 2. The van der Waals surface area contributed by atoms with Gasteiger partial charge in [-0.15, -0.1) is 0 Å². The van der Waals surface area contributed by atoms with Crippen LogP contribution in [0.2, 0.25) is 0 Å². The standard InChI is InChI=1S/C40H50N4O10/c1-23-13-29(17-41-19-31(45)15-35(47)48)39(51-5)43-37(23)53-21-27-9-7-11-33(25(27)3)34-12-8-10-28(26(34)4)22-54-38-24(2)14-30(40(44-38)52-6)18-42-20-32(46)16-36(49)50/h7-14,31-32,41-42,45-46H,15-22H2,1-6H3,(H,47,48)(H,49,50). The molecular weight excluding hydrogens is 696 g/mol. The summed E-state index contributed by atoms with van der Waals surface area (Å²) in [5.74, 6) is -0.515. The molecule has 14 heteroatoms. The monoisotopic (exact) mass is 746 g/mol. The van der Waals surface area contributed by atoms with Crippen LogP contribution >= 0.6 is 0 Å². The molecule has 2 aromatic carbocycles. The zero-order valence-corrected chi connectivity index (χ0v) is 31.6. The molecule has 0 amide bonds. The number of rotatable bonds is 21. The summed E-state index contributed by atoms with van der Waals surface area (Å²) in [7, 11) is 3.04. The van der Waals surface area contributed by atoms with Crippen molar-refractivity contribution in [3.05, 3.63) is 93.0 Å². The van der Waals surface area contributed by atoms with Gasteiger partial charge in [0.05, 0.1) is 39.3 Å². The van der Waals surface area contributed by atoms with Crippen molar-refractivity contribution in [1.29, 1.82) is 0 Å². The van der Waals surface area contributed by atoms with E-state index in [9.17, 15) is 19.8 Å². The minimum absolute atomic E-state index is 0.115. The number of carbonyl (C=O) groups is 2. The number of pyridine rings is 2. The predicted molar refractivity (Wildman–Crippen MR) is 201 cm³/mol. The summed E-state index contributed by atoms with van der Waals surface area (Å²) in [4.78, 5) is 30.8. The van der Waals surface area contributed by atoms with Crippen molar-refractivity contribution in [2.75, 3.05) is 27.3 Å². The average Bonchev–Trinajstić information content (AvgIpc) is 3.11. The topological polar surface area (TPSA) is 202 Å². The number of hydrogen-bond acceptors (Lipinski definition) is 12.